The molecule has 2 heterocycles. The minimum Gasteiger partial charge on any atom is -0.475 e. The summed E-state index contributed by atoms with van der Waals surface area (Å²) in [7, 11) is 0. The van der Waals surface area contributed by atoms with Crippen molar-refractivity contribution in [2.75, 3.05) is 0 Å². The van der Waals surface area contributed by atoms with Crippen molar-refractivity contribution in [3.8, 4) is 22.7 Å². The number of benzene rings is 1. The maximum atomic E-state index is 10.7. The molecule has 0 fully saturated rings. The minimum atomic E-state index is -1.14. The predicted molar refractivity (Wildman–Crippen MR) is 69.1 cm³/mol. The van der Waals surface area contributed by atoms with Gasteiger partial charge in [-0.05, 0) is 19.1 Å². The standard InChI is InChI=1S/C14H10N2O4/c1-8-7-19-13(15-8)10-4-2-9(3-5-10)11-6-12(14(17)18)20-16-11/h2-7H,1H3,(H,17,18). The number of carboxylic acid groups (broad SMARTS) is 1. The second-order valence-corrected chi connectivity index (χ2v) is 4.25. The van der Waals surface area contributed by atoms with Gasteiger partial charge in [-0.25, -0.2) is 9.78 Å². The normalized spacial score (nSPS) is 10.7. The van der Waals surface area contributed by atoms with Gasteiger partial charge in [0.2, 0.25) is 11.7 Å². The lowest BCUT2D eigenvalue weighted by molar-refractivity contribution is 0.0652. The summed E-state index contributed by atoms with van der Waals surface area (Å²) in [6.45, 7) is 1.85. The summed E-state index contributed by atoms with van der Waals surface area (Å²) < 4.78 is 10.0. The zero-order valence-corrected chi connectivity index (χ0v) is 10.5. The van der Waals surface area contributed by atoms with E-state index in [0.29, 0.717) is 11.6 Å². The van der Waals surface area contributed by atoms with Gasteiger partial charge in [-0.2, -0.15) is 0 Å². The quantitative estimate of drug-likeness (QED) is 0.786. The Balaban J connectivity index is 1.90. The fourth-order valence-electron chi connectivity index (χ4n) is 1.78. The molecule has 0 spiro atoms. The lowest BCUT2D eigenvalue weighted by Crippen LogP contribution is -1.91. The topological polar surface area (TPSA) is 89.4 Å². The van der Waals surface area contributed by atoms with Crippen LogP contribution >= 0.6 is 0 Å². The van der Waals surface area contributed by atoms with Crippen LogP contribution in [0.2, 0.25) is 0 Å². The predicted octanol–water partition coefficient (Wildman–Crippen LogP) is 3.00. The molecule has 0 unspecified atom stereocenters. The Morgan fingerprint density at radius 1 is 1.20 bits per heavy atom. The Morgan fingerprint density at radius 3 is 2.45 bits per heavy atom. The summed E-state index contributed by atoms with van der Waals surface area (Å²) in [5.74, 6) is -0.788. The molecule has 3 aromatic rings. The van der Waals surface area contributed by atoms with Gasteiger partial charge in [-0.1, -0.05) is 17.3 Å². The third-order valence-electron chi connectivity index (χ3n) is 2.77. The molecule has 6 nitrogen and oxygen atoms in total. The van der Waals surface area contributed by atoms with Crippen molar-refractivity contribution in [3.63, 3.8) is 0 Å². The maximum Gasteiger partial charge on any atom is 0.374 e. The van der Waals surface area contributed by atoms with Crippen LogP contribution < -0.4 is 0 Å². The number of nitrogens with zero attached hydrogens (tertiary/aromatic N) is 2. The average molecular weight is 270 g/mol. The van der Waals surface area contributed by atoms with E-state index < -0.39 is 5.97 Å². The Bertz CT molecular complexity index is 756. The van der Waals surface area contributed by atoms with Crippen LogP contribution in [0.1, 0.15) is 16.2 Å². The molecule has 0 radical (unpaired) electrons. The molecule has 1 N–H and O–H groups in total. The van der Waals surface area contributed by atoms with Gasteiger partial charge >= 0.3 is 5.97 Å². The summed E-state index contributed by atoms with van der Waals surface area (Å²) in [5.41, 5.74) is 2.88. The number of hydrogen-bond donors (Lipinski definition) is 1. The lowest BCUT2D eigenvalue weighted by Gasteiger charge is -1.97. The summed E-state index contributed by atoms with van der Waals surface area (Å²) in [6, 6.07) is 8.65. The van der Waals surface area contributed by atoms with E-state index >= 15 is 0 Å². The van der Waals surface area contributed by atoms with Crippen LogP contribution in [0.4, 0.5) is 0 Å². The molecule has 20 heavy (non-hydrogen) atoms. The molecular formula is C14H10N2O4. The maximum absolute atomic E-state index is 10.7. The van der Waals surface area contributed by atoms with Crippen molar-refractivity contribution in [1.29, 1.82) is 0 Å². The SMILES string of the molecule is Cc1coc(-c2ccc(-c3cc(C(=O)O)on3)cc2)n1. The van der Waals surface area contributed by atoms with E-state index in [1.54, 1.807) is 18.4 Å². The highest BCUT2D eigenvalue weighted by Crippen LogP contribution is 2.24. The second-order valence-electron chi connectivity index (χ2n) is 4.25. The smallest absolute Gasteiger partial charge is 0.374 e. The van der Waals surface area contributed by atoms with Gasteiger partial charge in [0, 0.05) is 17.2 Å². The van der Waals surface area contributed by atoms with Gasteiger partial charge in [0.1, 0.15) is 12.0 Å². The van der Waals surface area contributed by atoms with Crippen molar-refractivity contribution in [1.82, 2.24) is 10.1 Å². The van der Waals surface area contributed by atoms with E-state index in [2.05, 4.69) is 10.1 Å². The van der Waals surface area contributed by atoms with E-state index in [-0.39, 0.29) is 5.76 Å². The van der Waals surface area contributed by atoms with Gasteiger partial charge in [-0.3, -0.25) is 0 Å². The fraction of sp³-hybridized carbons (Fsp3) is 0.0714. The number of carbonyl (C=O) groups is 1. The Morgan fingerprint density at radius 2 is 1.90 bits per heavy atom. The molecule has 3 rings (SSSR count). The molecule has 2 aromatic heterocycles. The van der Waals surface area contributed by atoms with Crippen molar-refractivity contribution >= 4 is 5.97 Å². The van der Waals surface area contributed by atoms with Gasteiger partial charge in [0.05, 0.1) is 5.69 Å². The molecule has 0 saturated heterocycles. The number of rotatable bonds is 3. The van der Waals surface area contributed by atoms with E-state index in [1.807, 2.05) is 19.1 Å². The summed E-state index contributed by atoms with van der Waals surface area (Å²) >= 11 is 0. The third-order valence-corrected chi connectivity index (χ3v) is 2.77. The third kappa shape index (κ3) is 2.18. The van der Waals surface area contributed by atoms with Crippen LogP contribution in [0.3, 0.4) is 0 Å². The van der Waals surface area contributed by atoms with Crippen LogP contribution in [0.5, 0.6) is 0 Å². The number of hydrogen-bond acceptors (Lipinski definition) is 5. The van der Waals surface area contributed by atoms with Crippen molar-refractivity contribution in [2.24, 2.45) is 0 Å². The van der Waals surface area contributed by atoms with Gasteiger partial charge < -0.3 is 14.0 Å². The molecule has 0 aliphatic heterocycles. The van der Waals surface area contributed by atoms with E-state index in [0.717, 1.165) is 16.8 Å². The second kappa shape index (κ2) is 4.65. The highest BCUT2D eigenvalue weighted by atomic mass is 16.5. The van der Waals surface area contributed by atoms with E-state index in [9.17, 15) is 4.79 Å². The molecule has 0 saturated carbocycles. The zero-order valence-electron chi connectivity index (χ0n) is 10.5. The average Bonchev–Trinajstić information content (AvgIpc) is 3.08. The molecule has 0 atom stereocenters. The number of aromatic nitrogens is 2. The molecular weight excluding hydrogens is 260 g/mol. The van der Waals surface area contributed by atoms with Crippen molar-refractivity contribution in [2.45, 2.75) is 6.92 Å². The molecule has 0 aliphatic carbocycles. The van der Waals surface area contributed by atoms with Gasteiger partial charge in [-0.15, -0.1) is 0 Å². The molecule has 0 amide bonds. The highest BCUT2D eigenvalue weighted by molar-refractivity contribution is 5.85. The molecule has 0 bridgehead atoms. The first-order valence-corrected chi connectivity index (χ1v) is 5.86. The number of aryl methyl sites for hydroxylation is 1. The Kier molecular flexibility index (Phi) is 2.83. The van der Waals surface area contributed by atoms with Crippen molar-refractivity contribution < 1.29 is 18.8 Å². The monoisotopic (exact) mass is 270 g/mol. The molecule has 6 heteroatoms. The van der Waals surface area contributed by atoms with Crippen LogP contribution in [-0.2, 0) is 0 Å². The molecule has 100 valence electrons. The van der Waals surface area contributed by atoms with E-state index in [4.69, 9.17) is 14.0 Å². The lowest BCUT2D eigenvalue weighted by atomic mass is 10.1. The first-order chi connectivity index (χ1) is 9.63. The first kappa shape index (κ1) is 12.2. The Labute approximate surface area is 113 Å². The first-order valence-electron chi connectivity index (χ1n) is 5.86. The Hall–Kier alpha value is -2.89. The highest BCUT2D eigenvalue weighted by Gasteiger charge is 2.12. The zero-order chi connectivity index (χ0) is 14.1. The summed E-state index contributed by atoms with van der Waals surface area (Å²) in [6.07, 6.45) is 1.58. The summed E-state index contributed by atoms with van der Waals surface area (Å²) in [5, 5.41) is 12.5. The van der Waals surface area contributed by atoms with Gasteiger partial charge in [0.15, 0.2) is 0 Å². The minimum absolute atomic E-state index is 0.188. The van der Waals surface area contributed by atoms with Crippen LogP contribution in [0.25, 0.3) is 22.7 Å². The van der Waals surface area contributed by atoms with Crippen LogP contribution in [-0.4, -0.2) is 21.2 Å². The van der Waals surface area contributed by atoms with Gasteiger partial charge in [0.25, 0.3) is 0 Å². The fourth-order valence-corrected chi connectivity index (χ4v) is 1.78. The number of oxazole rings is 1. The van der Waals surface area contributed by atoms with Crippen molar-refractivity contribution in [3.05, 3.63) is 48.0 Å². The van der Waals surface area contributed by atoms with Crippen LogP contribution in [0.15, 0.2) is 45.5 Å². The number of aromatic carboxylic acids is 1. The molecule has 0 aliphatic rings. The largest absolute Gasteiger partial charge is 0.475 e. The van der Waals surface area contributed by atoms with E-state index in [1.165, 1.54) is 6.07 Å². The number of carboxylic acids is 1. The summed E-state index contributed by atoms with van der Waals surface area (Å²) in [4.78, 5) is 15.0. The van der Waals surface area contributed by atoms with Crippen LogP contribution in [0, 0.1) is 6.92 Å². The molecule has 1 aromatic carbocycles.